The van der Waals surface area contributed by atoms with E-state index in [1.165, 1.54) is 5.56 Å². The van der Waals surface area contributed by atoms with E-state index in [1.807, 2.05) is 12.1 Å². The normalized spacial score (nSPS) is 12.6. The van der Waals surface area contributed by atoms with Gasteiger partial charge in [-0.3, -0.25) is 4.68 Å². The van der Waals surface area contributed by atoms with Crippen LogP contribution in [0.3, 0.4) is 0 Å². The lowest BCUT2D eigenvalue weighted by atomic mass is 9.72. The summed E-state index contributed by atoms with van der Waals surface area (Å²) < 4.78 is 1.61. The van der Waals surface area contributed by atoms with Crippen molar-refractivity contribution in [3.63, 3.8) is 0 Å². The van der Waals surface area contributed by atoms with Gasteiger partial charge in [-0.15, -0.1) is 0 Å². The zero-order chi connectivity index (χ0) is 16.7. The standard InChI is InChI=1S/C18H27N3O/c1-17(2,3)11-18(4,5)12-7-8-15(22)13(9-12)14-10-20-21(6)16(14)19/h7-10,22H,11,19H2,1-6H3. The van der Waals surface area contributed by atoms with Gasteiger partial charge in [-0.05, 0) is 34.9 Å². The maximum Gasteiger partial charge on any atom is 0.129 e. The van der Waals surface area contributed by atoms with Gasteiger partial charge in [-0.2, -0.15) is 5.10 Å². The Balaban J connectivity index is 2.49. The molecule has 0 aliphatic heterocycles. The quantitative estimate of drug-likeness (QED) is 0.897. The molecule has 0 fully saturated rings. The number of aryl methyl sites for hydroxylation is 1. The zero-order valence-corrected chi connectivity index (χ0v) is 14.4. The van der Waals surface area contributed by atoms with Crippen molar-refractivity contribution in [3.05, 3.63) is 30.0 Å². The highest BCUT2D eigenvalue weighted by molar-refractivity contribution is 5.78. The Morgan fingerprint density at radius 3 is 2.27 bits per heavy atom. The van der Waals surface area contributed by atoms with Crippen LogP contribution in [0.5, 0.6) is 5.75 Å². The fourth-order valence-electron chi connectivity index (χ4n) is 3.26. The molecule has 22 heavy (non-hydrogen) atoms. The lowest BCUT2D eigenvalue weighted by Crippen LogP contribution is -2.24. The molecule has 3 N–H and O–H groups in total. The molecule has 0 aliphatic rings. The molecule has 0 radical (unpaired) electrons. The van der Waals surface area contributed by atoms with Crippen LogP contribution in [0.2, 0.25) is 0 Å². The number of benzene rings is 1. The molecule has 0 atom stereocenters. The highest BCUT2D eigenvalue weighted by Crippen LogP contribution is 2.40. The van der Waals surface area contributed by atoms with Crippen LogP contribution in [-0.2, 0) is 12.5 Å². The van der Waals surface area contributed by atoms with Crippen LogP contribution in [0, 0.1) is 5.41 Å². The van der Waals surface area contributed by atoms with E-state index in [1.54, 1.807) is 24.0 Å². The van der Waals surface area contributed by atoms with Crippen LogP contribution >= 0.6 is 0 Å². The van der Waals surface area contributed by atoms with Crippen LogP contribution in [0.4, 0.5) is 5.82 Å². The topological polar surface area (TPSA) is 64.1 Å². The maximum atomic E-state index is 10.2. The molecule has 0 saturated heterocycles. The number of aromatic nitrogens is 2. The summed E-state index contributed by atoms with van der Waals surface area (Å²) in [7, 11) is 1.79. The number of nitrogens with zero attached hydrogens (tertiary/aromatic N) is 2. The molecule has 0 bridgehead atoms. The summed E-state index contributed by atoms with van der Waals surface area (Å²) in [5.74, 6) is 0.788. The maximum absolute atomic E-state index is 10.2. The minimum absolute atomic E-state index is 0.0116. The minimum Gasteiger partial charge on any atom is -0.507 e. The summed E-state index contributed by atoms with van der Waals surface area (Å²) in [5.41, 5.74) is 9.00. The summed E-state index contributed by atoms with van der Waals surface area (Å²) in [6, 6.07) is 5.78. The van der Waals surface area contributed by atoms with E-state index in [0.29, 0.717) is 5.82 Å². The molecule has 4 nitrogen and oxygen atoms in total. The van der Waals surface area contributed by atoms with Crippen molar-refractivity contribution in [1.82, 2.24) is 9.78 Å². The van der Waals surface area contributed by atoms with E-state index >= 15 is 0 Å². The first-order valence-corrected chi connectivity index (χ1v) is 7.63. The molecule has 0 saturated carbocycles. The lowest BCUT2D eigenvalue weighted by molar-refractivity contribution is 0.284. The van der Waals surface area contributed by atoms with Gasteiger partial charge in [0.15, 0.2) is 0 Å². The predicted octanol–water partition coefficient (Wildman–Crippen LogP) is 4.09. The number of aromatic hydroxyl groups is 1. The van der Waals surface area contributed by atoms with E-state index in [-0.39, 0.29) is 16.6 Å². The Hall–Kier alpha value is -1.97. The Morgan fingerprint density at radius 2 is 1.77 bits per heavy atom. The van der Waals surface area contributed by atoms with Crippen molar-refractivity contribution >= 4 is 5.82 Å². The number of nitrogens with two attached hydrogens (primary N) is 1. The molecular formula is C18H27N3O. The molecule has 0 amide bonds. The third-order valence-corrected chi connectivity index (χ3v) is 4.03. The smallest absolute Gasteiger partial charge is 0.129 e. The summed E-state index contributed by atoms with van der Waals surface area (Å²) >= 11 is 0. The first-order chi connectivity index (χ1) is 10.0. The number of anilines is 1. The molecule has 0 aliphatic carbocycles. The summed E-state index contributed by atoms with van der Waals surface area (Å²) in [6.07, 6.45) is 2.75. The van der Waals surface area contributed by atoms with E-state index in [0.717, 1.165) is 17.5 Å². The Labute approximate surface area is 133 Å². The van der Waals surface area contributed by atoms with E-state index in [4.69, 9.17) is 5.73 Å². The van der Waals surface area contributed by atoms with Gasteiger partial charge < -0.3 is 10.8 Å². The molecular weight excluding hydrogens is 274 g/mol. The largest absolute Gasteiger partial charge is 0.507 e. The highest BCUT2D eigenvalue weighted by Gasteiger charge is 2.28. The number of hydrogen-bond acceptors (Lipinski definition) is 3. The number of nitrogen functional groups attached to an aromatic ring is 1. The van der Waals surface area contributed by atoms with Crippen LogP contribution < -0.4 is 5.73 Å². The van der Waals surface area contributed by atoms with Gasteiger partial charge >= 0.3 is 0 Å². The first kappa shape index (κ1) is 16.4. The third kappa shape index (κ3) is 3.26. The third-order valence-electron chi connectivity index (χ3n) is 4.03. The van der Waals surface area contributed by atoms with Crippen molar-refractivity contribution in [2.75, 3.05) is 5.73 Å². The average molecular weight is 301 g/mol. The van der Waals surface area contributed by atoms with Gasteiger partial charge in [0.25, 0.3) is 0 Å². The fraction of sp³-hybridized carbons (Fsp3) is 0.500. The van der Waals surface area contributed by atoms with Crippen LogP contribution in [0.15, 0.2) is 24.4 Å². The van der Waals surface area contributed by atoms with Crippen LogP contribution in [0.25, 0.3) is 11.1 Å². The van der Waals surface area contributed by atoms with Gasteiger partial charge in [-0.25, -0.2) is 0 Å². The van der Waals surface area contributed by atoms with E-state index in [2.05, 4.69) is 39.7 Å². The highest BCUT2D eigenvalue weighted by atomic mass is 16.3. The average Bonchev–Trinajstić information content (AvgIpc) is 2.68. The van der Waals surface area contributed by atoms with Crippen molar-refractivity contribution in [1.29, 1.82) is 0 Å². The van der Waals surface area contributed by atoms with Gasteiger partial charge in [-0.1, -0.05) is 40.7 Å². The van der Waals surface area contributed by atoms with Crippen molar-refractivity contribution in [2.24, 2.45) is 12.5 Å². The van der Waals surface area contributed by atoms with E-state index in [9.17, 15) is 5.11 Å². The zero-order valence-electron chi connectivity index (χ0n) is 14.4. The number of hydrogen-bond donors (Lipinski definition) is 2. The molecule has 4 heteroatoms. The predicted molar refractivity (Wildman–Crippen MR) is 91.8 cm³/mol. The van der Waals surface area contributed by atoms with E-state index < -0.39 is 0 Å². The van der Waals surface area contributed by atoms with Crippen molar-refractivity contribution in [2.45, 2.75) is 46.5 Å². The Kier molecular flexibility index (Phi) is 3.98. The SMILES string of the molecule is Cn1ncc(-c2cc(C(C)(C)CC(C)(C)C)ccc2O)c1N. The molecule has 1 aromatic carbocycles. The minimum atomic E-state index is 0.0116. The molecule has 1 heterocycles. The van der Waals surface area contributed by atoms with Gasteiger partial charge in [0, 0.05) is 18.2 Å². The lowest BCUT2D eigenvalue weighted by Gasteiger charge is -2.33. The second-order valence-electron chi connectivity index (χ2n) is 7.92. The number of phenols is 1. The second kappa shape index (κ2) is 5.34. The van der Waals surface area contributed by atoms with Crippen molar-refractivity contribution in [3.8, 4) is 16.9 Å². The molecule has 2 rings (SSSR count). The first-order valence-electron chi connectivity index (χ1n) is 7.63. The molecule has 120 valence electrons. The summed E-state index contributed by atoms with van der Waals surface area (Å²) in [5, 5.41) is 14.4. The van der Waals surface area contributed by atoms with Gasteiger partial charge in [0.05, 0.1) is 6.20 Å². The van der Waals surface area contributed by atoms with Crippen molar-refractivity contribution < 1.29 is 5.11 Å². The molecule has 1 aromatic heterocycles. The monoisotopic (exact) mass is 301 g/mol. The Bertz CT molecular complexity index is 678. The second-order valence-corrected chi connectivity index (χ2v) is 7.92. The number of phenolic OH excluding ortho intramolecular Hbond substituents is 1. The molecule has 2 aromatic rings. The molecule has 0 unspecified atom stereocenters. The van der Waals surface area contributed by atoms with Crippen LogP contribution in [-0.4, -0.2) is 14.9 Å². The number of rotatable bonds is 3. The summed E-state index contributed by atoms with van der Waals surface area (Å²) in [6.45, 7) is 11.2. The fourth-order valence-corrected chi connectivity index (χ4v) is 3.26. The van der Waals surface area contributed by atoms with Gasteiger partial charge in [0.1, 0.15) is 11.6 Å². The summed E-state index contributed by atoms with van der Waals surface area (Å²) in [4.78, 5) is 0. The Morgan fingerprint density at radius 1 is 1.14 bits per heavy atom. The van der Waals surface area contributed by atoms with Gasteiger partial charge in [0.2, 0.25) is 0 Å². The molecule has 0 spiro atoms. The van der Waals surface area contributed by atoms with Crippen LogP contribution in [0.1, 0.15) is 46.6 Å².